The lowest BCUT2D eigenvalue weighted by molar-refractivity contribution is 0.0544. The van der Waals surface area contributed by atoms with Crippen LogP contribution in [0.1, 0.15) is 0 Å². The van der Waals surface area contributed by atoms with Crippen LogP contribution in [-0.2, 0) is 9.47 Å². The maximum absolute atomic E-state index is 6.09. The second kappa shape index (κ2) is 13.8. The van der Waals surface area contributed by atoms with E-state index in [2.05, 4.69) is 44.8 Å². The van der Waals surface area contributed by atoms with Crippen molar-refractivity contribution in [2.24, 2.45) is 0 Å². The van der Waals surface area contributed by atoms with Gasteiger partial charge in [-0.3, -0.25) is 4.98 Å². The van der Waals surface area contributed by atoms with E-state index in [0.29, 0.717) is 37.3 Å². The summed E-state index contributed by atoms with van der Waals surface area (Å²) in [6.45, 7) is 2.10. The zero-order chi connectivity index (χ0) is 29.4. The Morgan fingerprint density at radius 1 is 0.767 bits per heavy atom. The van der Waals surface area contributed by atoms with Crippen LogP contribution in [0.15, 0.2) is 113 Å². The highest BCUT2D eigenvalue weighted by Crippen LogP contribution is 2.36. The van der Waals surface area contributed by atoms with E-state index >= 15 is 0 Å². The number of pyridine rings is 1. The molecular weight excluding hydrogens is 580 g/mol. The molecule has 0 aliphatic carbocycles. The summed E-state index contributed by atoms with van der Waals surface area (Å²) < 4.78 is 16.4. The first-order chi connectivity index (χ1) is 21.2. The Bertz CT molecular complexity index is 1840. The number of nitrogens with zero attached hydrogens (tertiary/aromatic N) is 3. The molecule has 9 heteroatoms. The number of rotatable bonds is 12. The summed E-state index contributed by atoms with van der Waals surface area (Å²) in [5, 5.41) is 16.3. The minimum Gasteiger partial charge on any atom is -0.491 e. The second-order valence-corrected chi connectivity index (χ2v) is 11.2. The summed E-state index contributed by atoms with van der Waals surface area (Å²) >= 11 is 7.77. The summed E-state index contributed by atoms with van der Waals surface area (Å²) in [6, 6.07) is 32.0. The molecule has 0 amide bonds. The summed E-state index contributed by atoms with van der Waals surface area (Å²) in [7, 11) is 1.66. The third-order valence-corrected chi connectivity index (χ3v) is 8.09. The first-order valence-corrected chi connectivity index (χ1v) is 15.0. The van der Waals surface area contributed by atoms with Crippen molar-refractivity contribution in [2.45, 2.75) is 9.79 Å². The predicted molar refractivity (Wildman–Crippen MR) is 174 cm³/mol. The van der Waals surface area contributed by atoms with Crippen LogP contribution in [0, 0.1) is 0 Å². The van der Waals surface area contributed by atoms with Crippen molar-refractivity contribution < 1.29 is 14.2 Å². The summed E-state index contributed by atoms with van der Waals surface area (Å²) in [4.78, 5) is 6.73. The first-order valence-electron chi connectivity index (χ1n) is 13.8. The number of anilines is 2. The number of halogens is 1. The number of methoxy groups -OCH3 is 1. The number of hydrogen-bond donors (Lipinski definition) is 1. The molecule has 43 heavy (non-hydrogen) atoms. The SMILES string of the molecule is COCCOCCOc1ccc2nccc(Sc3ccc(Nc4nnc(-c5ccc(Cl)cc5)c5ccccc45)cc3)c2c1. The number of benzene rings is 4. The maximum Gasteiger partial charge on any atom is 0.161 e. The Morgan fingerprint density at radius 3 is 2.37 bits per heavy atom. The van der Waals surface area contributed by atoms with Gasteiger partial charge in [-0.05, 0) is 60.7 Å². The molecule has 0 aliphatic rings. The van der Waals surface area contributed by atoms with Gasteiger partial charge in [-0.1, -0.05) is 59.8 Å². The predicted octanol–water partition coefficient (Wildman–Crippen LogP) is 8.44. The average Bonchev–Trinajstić information content (AvgIpc) is 3.04. The Balaban J connectivity index is 1.17. The van der Waals surface area contributed by atoms with Crippen molar-refractivity contribution in [1.82, 2.24) is 15.2 Å². The molecule has 2 aromatic heterocycles. The topological polar surface area (TPSA) is 78.4 Å². The monoisotopic (exact) mass is 608 g/mol. The third-order valence-electron chi connectivity index (χ3n) is 6.75. The molecule has 0 spiro atoms. The highest BCUT2D eigenvalue weighted by atomic mass is 35.5. The lowest BCUT2D eigenvalue weighted by atomic mass is 10.0. The van der Waals surface area contributed by atoms with Crippen molar-refractivity contribution in [3.63, 3.8) is 0 Å². The van der Waals surface area contributed by atoms with Gasteiger partial charge in [0, 0.05) is 55.5 Å². The van der Waals surface area contributed by atoms with E-state index in [1.165, 1.54) is 0 Å². The van der Waals surface area contributed by atoms with Crippen LogP contribution in [0.5, 0.6) is 5.75 Å². The van der Waals surface area contributed by atoms with Gasteiger partial charge in [-0.2, -0.15) is 0 Å². The maximum atomic E-state index is 6.09. The van der Waals surface area contributed by atoms with Crippen molar-refractivity contribution in [3.8, 4) is 17.0 Å². The molecule has 4 aromatic carbocycles. The molecule has 216 valence electrons. The van der Waals surface area contributed by atoms with Crippen molar-refractivity contribution >= 4 is 56.5 Å². The molecule has 0 atom stereocenters. The molecule has 0 fully saturated rings. The van der Waals surface area contributed by atoms with Gasteiger partial charge in [0.1, 0.15) is 18.1 Å². The van der Waals surface area contributed by atoms with E-state index in [1.807, 2.05) is 79.0 Å². The second-order valence-electron chi connectivity index (χ2n) is 9.64. The largest absolute Gasteiger partial charge is 0.491 e. The van der Waals surface area contributed by atoms with Gasteiger partial charge < -0.3 is 19.5 Å². The van der Waals surface area contributed by atoms with Crippen LogP contribution in [0.3, 0.4) is 0 Å². The molecule has 1 N–H and O–H groups in total. The van der Waals surface area contributed by atoms with Crippen LogP contribution in [0.2, 0.25) is 5.02 Å². The zero-order valence-corrected chi connectivity index (χ0v) is 25.1. The van der Waals surface area contributed by atoms with Crippen LogP contribution in [-0.4, -0.2) is 48.7 Å². The van der Waals surface area contributed by atoms with Crippen LogP contribution >= 0.6 is 23.4 Å². The van der Waals surface area contributed by atoms with E-state index in [-0.39, 0.29) is 0 Å². The van der Waals surface area contributed by atoms with Crippen molar-refractivity contribution in [1.29, 1.82) is 0 Å². The average molecular weight is 609 g/mol. The third kappa shape index (κ3) is 7.06. The molecule has 0 radical (unpaired) electrons. The summed E-state index contributed by atoms with van der Waals surface area (Å²) in [5.74, 6) is 1.48. The van der Waals surface area contributed by atoms with E-state index in [0.717, 1.165) is 54.2 Å². The van der Waals surface area contributed by atoms with E-state index in [9.17, 15) is 0 Å². The van der Waals surface area contributed by atoms with Gasteiger partial charge in [0.15, 0.2) is 5.82 Å². The van der Waals surface area contributed by atoms with Crippen molar-refractivity contribution in [2.75, 3.05) is 38.9 Å². The lowest BCUT2D eigenvalue weighted by Crippen LogP contribution is -2.09. The van der Waals surface area contributed by atoms with Gasteiger partial charge in [-0.25, -0.2) is 0 Å². The smallest absolute Gasteiger partial charge is 0.161 e. The standard InChI is InChI=1S/C34H29ClN4O3S/c1-40-18-19-41-20-21-42-26-12-15-31-30(22-26)32(16-17-36-31)43-27-13-10-25(11-14-27)37-34-29-5-3-2-4-28(29)33(38-39-34)23-6-8-24(35)9-7-23/h2-17,22H,18-21H2,1H3,(H,37,39). The lowest BCUT2D eigenvalue weighted by Gasteiger charge is -2.12. The molecule has 6 aromatic rings. The quantitative estimate of drug-likeness (QED) is 0.139. The fraction of sp³-hybridized carbons (Fsp3) is 0.147. The van der Waals surface area contributed by atoms with E-state index < -0.39 is 0 Å². The van der Waals surface area contributed by atoms with E-state index in [4.69, 9.17) is 25.8 Å². The Morgan fingerprint density at radius 2 is 1.56 bits per heavy atom. The van der Waals surface area contributed by atoms with Crippen LogP contribution in [0.4, 0.5) is 11.5 Å². The summed E-state index contributed by atoms with van der Waals surface area (Å²) in [6.07, 6.45) is 1.84. The minimum absolute atomic E-state index is 0.468. The van der Waals surface area contributed by atoms with Crippen LogP contribution < -0.4 is 10.1 Å². The fourth-order valence-corrected chi connectivity index (χ4v) is 5.68. The Labute approximate surface area is 259 Å². The van der Waals surface area contributed by atoms with Crippen LogP contribution in [0.25, 0.3) is 32.9 Å². The number of fused-ring (bicyclic) bond motifs is 2. The van der Waals surface area contributed by atoms with E-state index in [1.54, 1.807) is 18.9 Å². The Kier molecular flexibility index (Phi) is 9.30. The molecule has 0 unspecified atom stereocenters. The van der Waals surface area contributed by atoms with Gasteiger partial charge in [-0.15, -0.1) is 10.2 Å². The molecule has 0 bridgehead atoms. The van der Waals surface area contributed by atoms with Gasteiger partial charge in [0.05, 0.1) is 25.3 Å². The van der Waals surface area contributed by atoms with Gasteiger partial charge >= 0.3 is 0 Å². The summed E-state index contributed by atoms with van der Waals surface area (Å²) in [5.41, 5.74) is 3.62. The molecular formula is C34H29ClN4O3S. The normalized spacial score (nSPS) is 11.2. The number of nitrogens with one attached hydrogen (secondary N) is 1. The number of aromatic nitrogens is 3. The van der Waals surface area contributed by atoms with Crippen molar-refractivity contribution in [3.05, 3.63) is 108 Å². The van der Waals surface area contributed by atoms with Gasteiger partial charge in [0.25, 0.3) is 0 Å². The first kappa shape index (κ1) is 28.9. The van der Waals surface area contributed by atoms with Gasteiger partial charge in [0.2, 0.25) is 0 Å². The molecule has 2 heterocycles. The molecule has 0 saturated heterocycles. The minimum atomic E-state index is 0.468. The fourth-order valence-electron chi connectivity index (χ4n) is 4.63. The molecule has 7 nitrogen and oxygen atoms in total. The molecule has 6 rings (SSSR count). The highest BCUT2D eigenvalue weighted by Gasteiger charge is 2.12. The molecule has 0 aliphatic heterocycles. The number of hydrogen-bond acceptors (Lipinski definition) is 8. The highest BCUT2D eigenvalue weighted by molar-refractivity contribution is 7.99. The zero-order valence-electron chi connectivity index (χ0n) is 23.5. The Hall–Kier alpha value is -4.21. The molecule has 0 saturated carbocycles. The number of ether oxygens (including phenoxy) is 3.